The first-order valence-electron chi connectivity index (χ1n) is 6.23. The maximum absolute atomic E-state index is 12.6. The minimum Gasteiger partial charge on any atom is -0.465 e. The Morgan fingerprint density at radius 3 is 2.63 bits per heavy atom. The molecule has 102 valence electrons. The second-order valence-corrected chi connectivity index (χ2v) is 4.60. The number of aryl methyl sites for hydroxylation is 1. The van der Waals surface area contributed by atoms with Crippen LogP contribution in [0.4, 0.5) is 8.78 Å². The van der Waals surface area contributed by atoms with Crippen molar-refractivity contribution in [1.29, 1.82) is 0 Å². The van der Waals surface area contributed by atoms with Gasteiger partial charge < -0.3 is 9.73 Å². The predicted octanol–water partition coefficient (Wildman–Crippen LogP) is 4.38. The molecule has 0 aliphatic rings. The Labute approximate surface area is 111 Å². The molecule has 2 rings (SSSR count). The van der Waals surface area contributed by atoms with Gasteiger partial charge in [-0.15, -0.1) is 0 Å². The van der Waals surface area contributed by atoms with Gasteiger partial charge in [0.25, 0.3) is 6.43 Å². The van der Waals surface area contributed by atoms with E-state index in [0.717, 1.165) is 17.1 Å². The van der Waals surface area contributed by atoms with Crippen molar-refractivity contribution in [2.75, 3.05) is 0 Å². The van der Waals surface area contributed by atoms with E-state index in [0.29, 0.717) is 6.54 Å². The van der Waals surface area contributed by atoms with E-state index in [9.17, 15) is 8.78 Å². The van der Waals surface area contributed by atoms with Crippen LogP contribution in [0.2, 0.25) is 0 Å². The topological polar surface area (TPSA) is 25.2 Å². The highest BCUT2D eigenvalue weighted by molar-refractivity contribution is 5.24. The molecule has 0 saturated heterocycles. The quantitative estimate of drug-likeness (QED) is 0.868. The summed E-state index contributed by atoms with van der Waals surface area (Å²) in [5, 5.41) is 3.26. The maximum atomic E-state index is 12.6. The fourth-order valence-electron chi connectivity index (χ4n) is 1.90. The number of furan rings is 1. The highest BCUT2D eigenvalue weighted by Gasteiger charge is 2.10. The second kappa shape index (κ2) is 5.97. The molecule has 1 unspecified atom stereocenters. The van der Waals surface area contributed by atoms with Crippen LogP contribution in [-0.2, 0) is 6.54 Å². The Kier molecular flexibility index (Phi) is 4.32. The van der Waals surface area contributed by atoms with E-state index < -0.39 is 6.43 Å². The van der Waals surface area contributed by atoms with Crippen molar-refractivity contribution >= 4 is 0 Å². The number of hydrogen-bond donors (Lipinski definition) is 1. The Morgan fingerprint density at radius 1 is 1.21 bits per heavy atom. The average Bonchev–Trinajstić information content (AvgIpc) is 2.83. The van der Waals surface area contributed by atoms with Crippen molar-refractivity contribution < 1.29 is 13.2 Å². The Hall–Kier alpha value is -1.68. The van der Waals surface area contributed by atoms with E-state index in [2.05, 4.69) is 5.32 Å². The van der Waals surface area contributed by atoms with Gasteiger partial charge >= 0.3 is 0 Å². The third-order valence-corrected chi connectivity index (χ3v) is 3.00. The summed E-state index contributed by atoms with van der Waals surface area (Å²) in [5.74, 6) is 1.71. The van der Waals surface area contributed by atoms with Crippen LogP contribution in [0.5, 0.6) is 0 Å². The molecule has 2 aromatic rings. The van der Waals surface area contributed by atoms with E-state index in [1.165, 1.54) is 12.1 Å². The van der Waals surface area contributed by atoms with Gasteiger partial charge in [0.2, 0.25) is 0 Å². The van der Waals surface area contributed by atoms with Crippen LogP contribution < -0.4 is 5.32 Å². The fraction of sp³-hybridized carbons (Fsp3) is 0.333. The number of benzene rings is 1. The van der Waals surface area contributed by atoms with Crippen molar-refractivity contribution in [3.63, 3.8) is 0 Å². The van der Waals surface area contributed by atoms with Gasteiger partial charge in [0.15, 0.2) is 0 Å². The molecule has 1 heterocycles. The molecule has 0 aliphatic carbocycles. The average molecular weight is 265 g/mol. The highest BCUT2D eigenvalue weighted by Crippen LogP contribution is 2.20. The summed E-state index contributed by atoms with van der Waals surface area (Å²) in [7, 11) is 0. The van der Waals surface area contributed by atoms with Gasteiger partial charge in [-0.1, -0.05) is 18.2 Å². The lowest BCUT2D eigenvalue weighted by Gasteiger charge is -2.12. The monoisotopic (exact) mass is 265 g/mol. The second-order valence-electron chi connectivity index (χ2n) is 4.60. The lowest BCUT2D eigenvalue weighted by atomic mass is 10.1. The molecule has 1 aromatic carbocycles. The molecule has 19 heavy (non-hydrogen) atoms. The summed E-state index contributed by atoms with van der Waals surface area (Å²) in [5.41, 5.74) is 0.897. The van der Waals surface area contributed by atoms with Crippen LogP contribution in [0.3, 0.4) is 0 Å². The smallest absolute Gasteiger partial charge is 0.263 e. The van der Waals surface area contributed by atoms with Crippen LogP contribution >= 0.6 is 0 Å². The van der Waals surface area contributed by atoms with E-state index in [1.54, 1.807) is 6.07 Å². The number of nitrogens with one attached hydrogen (secondary N) is 1. The number of halogens is 2. The first kappa shape index (κ1) is 13.7. The molecule has 0 fully saturated rings. The molecule has 1 aromatic heterocycles. The zero-order valence-corrected chi connectivity index (χ0v) is 11.0. The van der Waals surface area contributed by atoms with Crippen LogP contribution in [0, 0.1) is 6.92 Å². The largest absolute Gasteiger partial charge is 0.465 e. The maximum Gasteiger partial charge on any atom is 0.263 e. The minimum atomic E-state index is -2.43. The van der Waals surface area contributed by atoms with Gasteiger partial charge in [-0.3, -0.25) is 0 Å². The van der Waals surface area contributed by atoms with Gasteiger partial charge in [0, 0.05) is 12.1 Å². The van der Waals surface area contributed by atoms with E-state index in [-0.39, 0.29) is 11.6 Å². The molecule has 0 radical (unpaired) electrons. The fourth-order valence-corrected chi connectivity index (χ4v) is 1.90. The summed E-state index contributed by atoms with van der Waals surface area (Å²) < 4.78 is 30.7. The third kappa shape index (κ3) is 3.64. The number of rotatable bonds is 5. The van der Waals surface area contributed by atoms with Gasteiger partial charge in [-0.2, -0.15) is 0 Å². The van der Waals surface area contributed by atoms with E-state index >= 15 is 0 Å². The third-order valence-electron chi connectivity index (χ3n) is 3.00. The van der Waals surface area contributed by atoms with E-state index in [1.807, 2.05) is 32.0 Å². The Balaban J connectivity index is 1.96. The summed E-state index contributed by atoms with van der Waals surface area (Å²) in [6.07, 6.45) is -2.43. The number of hydrogen-bond acceptors (Lipinski definition) is 2. The summed E-state index contributed by atoms with van der Waals surface area (Å²) in [6.45, 7) is 4.40. The minimum absolute atomic E-state index is 0.0453. The number of alkyl halides is 2. The van der Waals surface area contributed by atoms with Crippen molar-refractivity contribution in [2.45, 2.75) is 32.9 Å². The van der Waals surface area contributed by atoms with Crippen molar-refractivity contribution in [1.82, 2.24) is 5.32 Å². The SMILES string of the molecule is Cc1ccc(C(C)NCc2cccc(C(F)F)c2)o1. The lowest BCUT2D eigenvalue weighted by Crippen LogP contribution is -2.17. The normalized spacial score (nSPS) is 12.9. The summed E-state index contributed by atoms with van der Waals surface area (Å²) >= 11 is 0. The molecule has 0 bridgehead atoms. The molecule has 1 atom stereocenters. The Bertz CT molecular complexity index is 536. The standard InChI is InChI=1S/C15H17F2NO/c1-10-6-7-14(19-10)11(2)18-9-12-4-3-5-13(8-12)15(16)17/h3-8,11,15,18H,9H2,1-2H3. The molecule has 0 spiro atoms. The summed E-state index contributed by atoms with van der Waals surface area (Å²) in [4.78, 5) is 0. The summed E-state index contributed by atoms with van der Waals surface area (Å²) in [6, 6.07) is 10.3. The molecular formula is C15H17F2NO. The lowest BCUT2D eigenvalue weighted by molar-refractivity contribution is 0.151. The predicted molar refractivity (Wildman–Crippen MR) is 70.1 cm³/mol. The molecule has 1 N–H and O–H groups in total. The van der Waals surface area contributed by atoms with Crippen LogP contribution in [0.15, 0.2) is 40.8 Å². The van der Waals surface area contributed by atoms with Crippen LogP contribution in [0.25, 0.3) is 0 Å². The first-order chi connectivity index (χ1) is 9.06. The zero-order valence-electron chi connectivity index (χ0n) is 11.0. The van der Waals surface area contributed by atoms with Gasteiger partial charge in [-0.25, -0.2) is 8.78 Å². The zero-order chi connectivity index (χ0) is 13.8. The van der Waals surface area contributed by atoms with Gasteiger partial charge in [-0.05, 0) is 37.6 Å². The Morgan fingerprint density at radius 2 is 2.00 bits per heavy atom. The molecule has 0 amide bonds. The van der Waals surface area contributed by atoms with E-state index in [4.69, 9.17) is 4.42 Å². The van der Waals surface area contributed by atoms with Crippen LogP contribution in [-0.4, -0.2) is 0 Å². The van der Waals surface area contributed by atoms with Gasteiger partial charge in [0.1, 0.15) is 11.5 Å². The van der Waals surface area contributed by atoms with Gasteiger partial charge in [0.05, 0.1) is 6.04 Å². The molecule has 2 nitrogen and oxygen atoms in total. The molecule has 0 aliphatic heterocycles. The van der Waals surface area contributed by atoms with Crippen molar-refractivity contribution in [3.8, 4) is 0 Å². The molecule has 4 heteroatoms. The molecular weight excluding hydrogens is 248 g/mol. The van der Waals surface area contributed by atoms with Crippen LogP contribution in [0.1, 0.15) is 42.0 Å². The van der Waals surface area contributed by atoms with Crippen molar-refractivity contribution in [2.24, 2.45) is 0 Å². The first-order valence-corrected chi connectivity index (χ1v) is 6.23. The molecule has 0 saturated carbocycles. The van der Waals surface area contributed by atoms with Crippen molar-refractivity contribution in [3.05, 3.63) is 59.0 Å². The highest BCUT2D eigenvalue weighted by atomic mass is 19.3.